The summed E-state index contributed by atoms with van der Waals surface area (Å²) in [5, 5.41) is 15.2. The normalized spacial score (nSPS) is 10.7. The van der Waals surface area contributed by atoms with Crippen molar-refractivity contribution in [1.82, 2.24) is 20.2 Å². The number of benzene rings is 2. The van der Waals surface area contributed by atoms with E-state index in [0.29, 0.717) is 12.4 Å². The molecule has 0 saturated heterocycles. The lowest BCUT2D eigenvalue weighted by atomic mass is 10.1. The van der Waals surface area contributed by atoms with Crippen LogP contribution in [0.2, 0.25) is 0 Å². The van der Waals surface area contributed by atoms with E-state index in [1.807, 2.05) is 56.3 Å². The Morgan fingerprint density at radius 3 is 2.68 bits per heavy atom. The van der Waals surface area contributed by atoms with Crippen molar-refractivity contribution in [3.05, 3.63) is 53.6 Å². The van der Waals surface area contributed by atoms with E-state index in [-0.39, 0.29) is 12.5 Å². The molecule has 0 bridgehead atoms. The zero-order valence-corrected chi connectivity index (χ0v) is 16.5. The van der Waals surface area contributed by atoms with Crippen molar-refractivity contribution in [2.45, 2.75) is 40.2 Å². The molecule has 0 spiro atoms. The van der Waals surface area contributed by atoms with E-state index in [4.69, 9.17) is 4.74 Å². The molecule has 0 atom stereocenters. The number of anilines is 1. The number of aryl methyl sites for hydroxylation is 1. The number of aromatic nitrogens is 4. The van der Waals surface area contributed by atoms with Crippen LogP contribution in [0.4, 0.5) is 5.69 Å². The van der Waals surface area contributed by atoms with E-state index in [9.17, 15) is 4.79 Å². The number of tetrazole rings is 1. The van der Waals surface area contributed by atoms with Crippen molar-refractivity contribution in [2.75, 3.05) is 11.9 Å². The van der Waals surface area contributed by atoms with Gasteiger partial charge in [0.1, 0.15) is 12.3 Å². The third-order valence-corrected chi connectivity index (χ3v) is 4.50. The molecule has 0 radical (unpaired) electrons. The zero-order valence-electron chi connectivity index (χ0n) is 16.5. The minimum Gasteiger partial charge on any atom is -0.494 e. The number of carbonyl (C=O) groups is 1. The topological polar surface area (TPSA) is 81.9 Å². The van der Waals surface area contributed by atoms with Crippen LogP contribution >= 0.6 is 0 Å². The first-order valence-electron chi connectivity index (χ1n) is 9.44. The number of hydrogen-bond donors (Lipinski definition) is 1. The Kier molecular flexibility index (Phi) is 6.37. The Hall–Kier alpha value is -3.22. The Morgan fingerprint density at radius 1 is 1.14 bits per heavy atom. The smallest absolute Gasteiger partial charge is 0.248 e. The van der Waals surface area contributed by atoms with E-state index in [1.165, 1.54) is 4.80 Å². The monoisotopic (exact) mass is 379 g/mol. The highest BCUT2D eigenvalue weighted by Crippen LogP contribution is 2.20. The molecule has 3 rings (SSSR count). The maximum atomic E-state index is 12.3. The highest BCUT2D eigenvalue weighted by molar-refractivity contribution is 5.91. The van der Waals surface area contributed by atoms with Crippen LogP contribution in [0.1, 0.15) is 30.9 Å². The Balaban J connectivity index is 1.60. The third-order valence-electron chi connectivity index (χ3n) is 4.50. The molecule has 1 amide bonds. The first-order chi connectivity index (χ1) is 13.6. The average molecular weight is 379 g/mol. The fourth-order valence-electron chi connectivity index (χ4n) is 2.67. The fraction of sp³-hybridized carbons (Fsp3) is 0.333. The molecule has 7 heteroatoms. The highest BCUT2D eigenvalue weighted by atomic mass is 16.5. The number of carbonyl (C=O) groups excluding carboxylic acids is 1. The van der Waals surface area contributed by atoms with E-state index < -0.39 is 0 Å². The van der Waals surface area contributed by atoms with Crippen molar-refractivity contribution in [3.8, 4) is 17.1 Å². The van der Waals surface area contributed by atoms with Gasteiger partial charge in [-0.15, -0.1) is 10.2 Å². The molecule has 0 unspecified atom stereocenters. The standard InChI is InChI=1S/C21H25N5O2/c1-4-5-13-28-18-11-9-17(10-12-18)21-23-25-26(24-21)14-20(27)22-19-8-6-7-15(2)16(19)3/h6-12H,4-5,13-14H2,1-3H3,(H,22,27). The second kappa shape index (κ2) is 9.12. The summed E-state index contributed by atoms with van der Waals surface area (Å²) < 4.78 is 5.66. The molecular formula is C21H25N5O2. The molecule has 0 saturated carbocycles. The van der Waals surface area contributed by atoms with Crippen molar-refractivity contribution >= 4 is 11.6 Å². The summed E-state index contributed by atoms with van der Waals surface area (Å²) in [5.41, 5.74) is 3.79. The molecule has 1 aromatic heterocycles. The van der Waals surface area contributed by atoms with Gasteiger partial charge < -0.3 is 10.1 Å². The van der Waals surface area contributed by atoms with Crippen molar-refractivity contribution in [2.24, 2.45) is 0 Å². The van der Waals surface area contributed by atoms with Gasteiger partial charge in [0.2, 0.25) is 11.7 Å². The molecule has 0 aliphatic carbocycles. The predicted molar refractivity (Wildman–Crippen MR) is 108 cm³/mol. The molecule has 1 heterocycles. The maximum Gasteiger partial charge on any atom is 0.248 e. The van der Waals surface area contributed by atoms with Crippen molar-refractivity contribution < 1.29 is 9.53 Å². The molecule has 28 heavy (non-hydrogen) atoms. The number of hydrogen-bond acceptors (Lipinski definition) is 5. The minimum atomic E-state index is -0.197. The van der Waals surface area contributed by atoms with Gasteiger partial charge in [-0.05, 0) is 66.9 Å². The van der Waals surface area contributed by atoms with Crippen LogP contribution in [0.3, 0.4) is 0 Å². The lowest BCUT2D eigenvalue weighted by Crippen LogP contribution is -2.21. The number of rotatable bonds is 8. The average Bonchev–Trinajstić information content (AvgIpc) is 3.14. The molecule has 0 aliphatic rings. The lowest BCUT2D eigenvalue weighted by molar-refractivity contribution is -0.117. The number of ether oxygens (including phenoxy) is 1. The second-order valence-electron chi connectivity index (χ2n) is 6.67. The molecule has 146 valence electrons. The molecule has 0 aliphatic heterocycles. The number of nitrogens with one attached hydrogen (secondary N) is 1. The predicted octanol–water partition coefficient (Wildman–Crippen LogP) is 3.77. The molecule has 7 nitrogen and oxygen atoms in total. The number of amides is 1. The number of nitrogens with zero attached hydrogens (tertiary/aromatic N) is 4. The van der Waals surface area contributed by atoms with Gasteiger partial charge in [0.05, 0.1) is 6.61 Å². The summed E-state index contributed by atoms with van der Waals surface area (Å²) in [6.45, 7) is 6.82. The van der Waals surface area contributed by atoms with Gasteiger partial charge in [-0.25, -0.2) is 0 Å². The second-order valence-corrected chi connectivity index (χ2v) is 6.67. The molecule has 1 N–H and O–H groups in total. The molecule has 0 fully saturated rings. The van der Waals surface area contributed by atoms with Gasteiger partial charge in [-0.1, -0.05) is 25.5 Å². The summed E-state index contributed by atoms with van der Waals surface area (Å²) in [5.74, 6) is 1.09. The minimum absolute atomic E-state index is 0.00139. The quantitative estimate of drug-likeness (QED) is 0.603. The van der Waals surface area contributed by atoms with Gasteiger partial charge in [0, 0.05) is 11.3 Å². The molecule has 3 aromatic rings. The Morgan fingerprint density at radius 2 is 1.93 bits per heavy atom. The van der Waals surface area contributed by atoms with E-state index in [0.717, 1.165) is 41.0 Å². The van der Waals surface area contributed by atoms with Gasteiger partial charge >= 0.3 is 0 Å². The van der Waals surface area contributed by atoms with Crippen LogP contribution in [0, 0.1) is 13.8 Å². The summed E-state index contributed by atoms with van der Waals surface area (Å²) in [7, 11) is 0. The van der Waals surface area contributed by atoms with Gasteiger partial charge in [-0.2, -0.15) is 4.80 Å². The Bertz CT molecular complexity index is 934. The highest BCUT2D eigenvalue weighted by Gasteiger charge is 2.11. The third kappa shape index (κ3) is 4.94. The summed E-state index contributed by atoms with van der Waals surface area (Å²) >= 11 is 0. The van der Waals surface area contributed by atoms with Gasteiger partial charge in [-0.3, -0.25) is 4.79 Å². The van der Waals surface area contributed by atoms with E-state index in [2.05, 4.69) is 27.7 Å². The van der Waals surface area contributed by atoms with E-state index in [1.54, 1.807) is 0 Å². The van der Waals surface area contributed by atoms with Crippen molar-refractivity contribution in [1.29, 1.82) is 0 Å². The fourth-order valence-corrected chi connectivity index (χ4v) is 2.67. The van der Waals surface area contributed by atoms with Crippen LogP contribution < -0.4 is 10.1 Å². The largest absolute Gasteiger partial charge is 0.494 e. The van der Waals surface area contributed by atoms with Crippen molar-refractivity contribution in [3.63, 3.8) is 0 Å². The summed E-state index contributed by atoms with van der Waals surface area (Å²) in [6, 6.07) is 13.4. The lowest BCUT2D eigenvalue weighted by Gasteiger charge is -2.09. The van der Waals surface area contributed by atoms with Crippen LogP contribution in [0.15, 0.2) is 42.5 Å². The maximum absolute atomic E-state index is 12.3. The summed E-state index contributed by atoms with van der Waals surface area (Å²) in [6.07, 6.45) is 2.13. The SMILES string of the molecule is CCCCOc1ccc(-c2nnn(CC(=O)Nc3cccc(C)c3C)n2)cc1. The summed E-state index contributed by atoms with van der Waals surface area (Å²) in [4.78, 5) is 13.6. The van der Waals surface area contributed by atoms with Gasteiger partial charge in [0.15, 0.2) is 0 Å². The first kappa shape index (κ1) is 19.5. The van der Waals surface area contributed by atoms with Crippen LogP contribution in [-0.2, 0) is 11.3 Å². The van der Waals surface area contributed by atoms with Crippen LogP contribution in [0.25, 0.3) is 11.4 Å². The van der Waals surface area contributed by atoms with Crippen LogP contribution in [-0.4, -0.2) is 32.7 Å². The molecule has 2 aromatic carbocycles. The first-order valence-corrected chi connectivity index (χ1v) is 9.44. The zero-order chi connectivity index (χ0) is 19.9. The number of unbranched alkanes of at least 4 members (excludes halogenated alkanes) is 1. The van der Waals surface area contributed by atoms with Gasteiger partial charge in [0.25, 0.3) is 0 Å². The molecular weight excluding hydrogens is 354 g/mol. The Labute approximate surface area is 164 Å². The van der Waals surface area contributed by atoms with Crippen LogP contribution in [0.5, 0.6) is 5.75 Å². The van der Waals surface area contributed by atoms with E-state index >= 15 is 0 Å².